The molecule has 8 heteroatoms. The number of nitrogens with one attached hydrogen (secondary N) is 1. The van der Waals surface area contributed by atoms with Crippen molar-refractivity contribution in [1.82, 2.24) is 24.8 Å². The standard InChI is InChI=1S/C24H24FN7/c1-14-29-21-4-3-20(15-6-7-28-23(26)8-15)30-24(21)32(14)18-2-5-22(19(25)9-18)31-12-16-10-27-11-17(16)13-31/h2-9,16-17,27H,10-13H2,1H3,(H2,26,28)/t16-,17+. The fourth-order valence-corrected chi connectivity index (χ4v) is 5.09. The van der Waals surface area contributed by atoms with Gasteiger partial charge in [-0.2, -0.15) is 0 Å². The highest BCUT2D eigenvalue weighted by molar-refractivity contribution is 5.78. The van der Waals surface area contributed by atoms with E-state index in [1.165, 1.54) is 0 Å². The monoisotopic (exact) mass is 429 g/mol. The van der Waals surface area contributed by atoms with E-state index in [1.807, 2.05) is 41.8 Å². The second-order valence-corrected chi connectivity index (χ2v) is 8.72. The number of nitrogens with two attached hydrogens (primary N) is 1. The molecule has 3 aromatic heterocycles. The third-order valence-electron chi connectivity index (χ3n) is 6.67. The lowest BCUT2D eigenvalue weighted by atomic mass is 10.0. The first-order chi connectivity index (χ1) is 15.6. The van der Waals surface area contributed by atoms with Gasteiger partial charge < -0.3 is 16.0 Å². The molecule has 0 aliphatic carbocycles. The molecule has 0 spiro atoms. The molecule has 6 rings (SSSR count). The molecule has 0 bridgehead atoms. The van der Waals surface area contributed by atoms with Gasteiger partial charge in [0.05, 0.1) is 17.1 Å². The Hall–Kier alpha value is -3.52. The molecule has 0 amide bonds. The first kappa shape index (κ1) is 19.2. The average molecular weight is 430 g/mol. The van der Waals surface area contributed by atoms with Gasteiger partial charge in [0.15, 0.2) is 5.65 Å². The molecule has 2 aliphatic heterocycles. The maximum atomic E-state index is 15.3. The molecule has 0 radical (unpaired) electrons. The minimum atomic E-state index is -0.213. The lowest BCUT2D eigenvalue weighted by Gasteiger charge is -2.21. The summed E-state index contributed by atoms with van der Waals surface area (Å²) in [6.45, 7) is 5.77. The lowest BCUT2D eigenvalue weighted by Crippen LogP contribution is -2.26. The van der Waals surface area contributed by atoms with E-state index in [9.17, 15) is 0 Å². The van der Waals surface area contributed by atoms with E-state index < -0.39 is 0 Å². The fourth-order valence-electron chi connectivity index (χ4n) is 5.09. The molecule has 2 atom stereocenters. The SMILES string of the molecule is Cc1nc2ccc(-c3ccnc(N)c3)nc2n1-c1ccc(N2C[C@H]3CNC[C@H]3C2)c(F)c1. The van der Waals surface area contributed by atoms with Crippen molar-refractivity contribution >= 4 is 22.7 Å². The van der Waals surface area contributed by atoms with E-state index in [-0.39, 0.29) is 5.82 Å². The number of nitrogens with zero attached hydrogens (tertiary/aromatic N) is 5. The normalized spacial score (nSPS) is 20.2. The minimum Gasteiger partial charge on any atom is -0.384 e. The summed E-state index contributed by atoms with van der Waals surface area (Å²) in [6, 6.07) is 12.9. The molecular formula is C24H24FN7. The van der Waals surface area contributed by atoms with Gasteiger partial charge in [0, 0.05) is 44.0 Å². The van der Waals surface area contributed by atoms with Crippen LogP contribution < -0.4 is 16.0 Å². The van der Waals surface area contributed by atoms with Gasteiger partial charge in [-0.15, -0.1) is 0 Å². The van der Waals surface area contributed by atoms with Crippen molar-refractivity contribution in [3.8, 4) is 16.9 Å². The number of fused-ring (bicyclic) bond motifs is 2. The number of imidazole rings is 1. The number of hydrogen-bond donors (Lipinski definition) is 2. The van der Waals surface area contributed by atoms with Crippen LogP contribution in [0.1, 0.15) is 5.82 Å². The topological polar surface area (TPSA) is 84.9 Å². The van der Waals surface area contributed by atoms with Crippen LogP contribution in [0.2, 0.25) is 0 Å². The lowest BCUT2D eigenvalue weighted by molar-refractivity contribution is 0.533. The molecular weight excluding hydrogens is 405 g/mol. The number of rotatable bonds is 3. The molecule has 162 valence electrons. The van der Waals surface area contributed by atoms with Gasteiger partial charge in [0.2, 0.25) is 0 Å². The third-order valence-corrected chi connectivity index (χ3v) is 6.67. The average Bonchev–Trinajstić information content (AvgIpc) is 3.45. The van der Waals surface area contributed by atoms with Crippen LogP contribution in [0.4, 0.5) is 15.9 Å². The van der Waals surface area contributed by atoms with Crippen LogP contribution in [-0.4, -0.2) is 45.7 Å². The second-order valence-electron chi connectivity index (χ2n) is 8.72. The molecule has 2 fully saturated rings. The smallest absolute Gasteiger partial charge is 0.165 e. The molecule has 2 saturated heterocycles. The Morgan fingerprint density at radius 1 is 1.03 bits per heavy atom. The van der Waals surface area contributed by atoms with Gasteiger partial charge in [-0.1, -0.05) is 0 Å². The predicted octanol–water partition coefficient (Wildman–Crippen LogP) is 3.17. The van der Waals surface area contributed by atoms with Crippen LogP contribution in [-0.2, 0) is 0 Å². The molecule has 2 aliphatic rings. The predicted molar refractivity (Wildman–Crippen MR) is 123 cm³/mol. The number of halogens is 1. The summed E-state index contributed by atoms with van der Waals surface area (Å²) in [4.78, 5) is 15.7. The molecule has 32 heavy (non-hydrogen) atoms. The van der Waals surface area contributed by atoms with Gasteiger partial charge in [-0.05, 0) is 55.2 Å². The van der Waals surface area contributed by atoms with Crippen LogP contribution >= 0.6 is 0 Å². The molecule has 0 saturated carbocycles. The number of anilines is 2. The summed E-state index contributed by atoms with van der Waals surface area (Å²) in [7, 11) is 0. The second kappa shape index (κ2) is 7.27. The summed E-state index contributed by atoms with van der Waals surface area (Å²) >= 11 is 0. The maximum absolute atomic E-state index is 15.3. The first-order valence-corrected chi connectivity index (χ1v) is 10.9. The van der Waals surface area contributed by atoms with Gasteiger partial charge in [0.1, 0.15) is 23.0 Å². The number of aryl methyl sites for hydroxylation is 1. The zero-order valence-electron chi connectivity index (χ0n) is 17.8. The van der Waals surface area contributed by atoms with Crippen molar-refractivity contribution in [2.45, 2.75) is 6.92 Å². The van der Waals surface area contributed by atoms with Gasteiger partial charge in [-0.25, -0.2) is 19.3 Å². The molecule has 7 nitrogen and oxygen atoms in total. The summed E-state index contributed by atoms with van der Waals surface area (Å²) in [5.41, 5.74) is 10.3. The Kier molecular flexibility index (Phi) is 4.36. The van der Waals surface area contributed by atoms with Gasteiger partial charge in [-0.3, -0.25) is 4.57 Å². The van der Waals surface area contributed by atoms with Crippen molar-refractivity contribution in [1.29, 1.82) is 0 Å². The minimum absolute atomic E-state index is 0.213. The Labute approximate surface area is 185 Å². The van der Waals surface area contributed by atoms with Gasteiger partial charge in [0.25, 0.3) is 0 Å². The van der Waals surface area contributed by atoms with E-state index in [0.717, 1.165) is 48.8 Å². The Bertz CT molecular complexity index is 1320. The number of pyridine rings is 2. The van der Waals surface area contributed by atoms with Crippen LogP contribution in [0.3, 0.4) is 0 Å². The highest BCUT2D eigenvalue weighted by atomic mass is 19.1. The first-order valence-electron chi connectivity index (χ1n) is 10.9. The highest BCUT2D eigenvalue weighted by Gasteiger charge is 2.36. The van der Waals surface area contributed by atoms with Crippen molar-refractivity contribution in [2.24, 2.45) is 11.8 Å². The van der Waals surface area contributed by atoms with Crippen LogP contribution in [0.5, 0.6) is 0 Å². The number of hydrogen-bond acceptors (Lipinski definition) is 6. The van der Waals surface area contributed by atoms with Gasteiger partial charge >= 0.3 is 0 Å². The number of aromatic nitrogens is 4. The number of nitrogen functional groups attached to an aromatic ring is 1. The zero-order chi connectivity index (χ0) is 21.8. The zero-order valence-corrected chi connectivity index (χ0v) is 17.8. The van der Waals surface area contributed by atoms with Crippen molar-refractivity contribution in [3.63, 3.8) is 0 Å². The van der Waals surface area contributed by atoms with Crippen molar-refractivity contribution in [3.05, 3.63) is 60.3 Å². The van der Waals surface area contributed by atoms with Crippen LogP contribution in [0, 0.1) is 24.6 Å². The molecule has 5 heterocycles. The van der Waals surface area contributed by atoms with Crippen LogP contribution in [0.25, 0.3) is 28.1 Å². The maximum Gasteiger partial charge on any atom is 0.165 e. The van der Waals surface area contributed by atoms with Crippen molar-refractivity contribution in [2.75, 3.05) is 36.8 Å². The highest BCUT2D eigenvalue weighted by Crippen LogP contribution is 2.33. The largest absolute Gasteiger partial charge is 0.384 e. The Morgan fingerprint density at radius 3 is 2.59 bits per heavy atom. The Balaban J connectivity index is 1.39. The van der Waals surface area contributed by atoms with Crippen molar-refractivity contribution < 1.29 is 4.39 Å². The third kappa shape index (κ3) is 3.10. The van der Waals surface area contributed by atoms with E-state index in [4.69, 9.17) is 10.7 Å². The summed E-state index contributed by atoms with van der Waals surface area (Å²) < 4.78 is 17.2. The fraction of sp³-hybridized carbons (Fsp3) is 0.292. The molecule has 4 aromatic rings. The summed E-state index contributed by atoms with van der Waals surface area (Å²) in [5, 5.41) is 3.43. The Morgan fingerprint density at radius 2 is 1.84 bits per heavy atom. The quantitative estimate of drug-likeness (QED) is 0.520. The number of benzene rings is 1. The van der Waals surface area contributed by atoms with Crippen LogP contribution in [0.15, 0.2) is 48.7 Å². The van der Waals surface area contributed by atoms with E-state index in [1.54, 1.807) is 18.3 Å². The molecule has 1 aromatic carbocycles. The summed E-state index contributed by atoms with van der Waals surface area (Å²) in [5.74, 6) is 2.20. The van der Waals surface area contributed by atoms with E-state index in [0.29, 0.717) is 34.7 Å². The molecule has 0 unspecified atom stereocenters. The van der Waals surface area contributed by atoms with E-state index >= 15 is 4.39 Å². The molecule has 3 N–H and O–H groups in total. The summed E-state index contributed by atoms with van der Waals surface area (Å²) in [6.07, 6.45) is 1.66. The van der Waals surface area contributed by atoms with E-state index in [2.05, 4.69) is 20.2 Å².